The second-order valence-electron chi connectivity index (χ2n) is 6.31. The van der Waals surface area contributed by atoms with Crippen LogP contribution in [0.5, 0.6) is 0 Å². The first-order chi connectivity index (χ1) is 11.2. The molecule has 1 fully saturated rings. The van der Waals surface area contributed by atoms with Crippen molar-refractivity contribution in [3.05, 3.63) is 11.5 Å². The number of aryl methyl sites for hydroxylation is 2. The summed E-state index contributed by atoms with van der Waals surface area (Å²) in [5.74, 6) is 0.325. The maximum atomic E-state index is 12.8. The Hall–Kier alpha value is -1.16. The summed E-state index contributed by atoms with van der Waals surface area (Å²) in [5, 5.41) is 3.73. The van der Waals surface area contributed by atoms with E-state index in [4.69, 9.17) is 10.3 Å². The van der Waals surface area contributed by atoms with Crippen molar-refractivity contribution in [2.24, 2.45) is 5.73 Å². The topological polar surface area (TPSA) is 110 Å². The van der Waals surface area contributed by atoms with E-state index in [1.807, 2.05) is 6.92 Å². The van der Waals surface area contributed by atoms with Crippen LogP contribution in [-0.2, 0) is 14.8 Å². The third-order valence-electron chi connectivity index (χ3n) is 4.19. The molecule has 1 unspecified atom stereocenters. The average Bonchev–Trinajstić information content (AvgIpc) is 2.73. The van der Waals surface area contributed by atoms with Gasteiger partial charge in [0, 0.05) is 38.6 Å². The third kappa shape index (κ3) is 5.16. The Morgan fingerprint density at radius 2 is 1.96 bits per heavy atom. The maximum absolute atomic E-state index is 12.8. The van der Waals surface area contributed by atoms with Gasteiger partial charge < -0.3 is 15.2 Å². The molecule has 8 nitrogen and oxygen atoms in total. The first kappa shape index (κ1) is 21.9. The molecule has 1 saturated heterocycles. The van der Waals surface area contributed by atoms with E-state index in [2.05, 4.69) is 5.16 Å². The molecule has 1 aliphatic heterocycles. The quantitative estimate of drug-likeness (QED) is 0.799. The highest BCUT2D eigenvalue weighted by molar-refractivity contribution is 7.89. The first-order valence-electron chi connectivity index (χ1n) is 8.20. The standard InChI is InChI=1S/C15H26N4O4S.ClH/c1-11(16)5-6-14(20)18-7-4-8-19(10-9-18)24(21,22)15-12(2)17-23-13(15)3;/h11H,4-10,16H2,1-3H3;1H. The molecule has 0 radical (unpaired) electrons. The van der Waals surface area contributed by atoms with Crippen LogP contribution >= 0.6 is 12.4 Å². The lowest BCUT2D eigenvalue weighted by molar-refractivity contribution is -0.131. The minimum atomic E-state index is -3.66. The number of nitrogens with zero attached hydrogens (tertiary/aromatic N) is 3. The molecule has 144 valence electrons. The molecular formula is C15H27ClN4O4S. The third-order valence-corrected chi connectivity index (χ3v) is 6.33. The summed E-state index contributed by atoms with van der Waals surface area (Å²) in [5.41, 5.74) is 6.05. The fraction of sp³-hybridized carbons (Fsp3) is 0.733. The van der Waals surface area contributed by atoms with Gasteiger partial charge in [0.05, 0.1) is 0 Å². The van der Waals surface area contributed by atoms with Crippen molar-refractivity contribution in [2.45, 2.75) is 51.0 Å². The van der Waals surface area contributed by atoms with Crippen molar-refractivity contribution in [1.29, 1.82) is 0 Å². The van der Waals surface area contributed by atoms with Crippen LogP contribution in [0.15, 0.2) is 9.42 Å². The van der Waals surface area contributed by atoms with Crippen molar-refractivity contribution in [3.8, 4) is 0 Å². The average molecular weight is 395 g/mol. The highest BCUT2D eigenvalue weighted by Gasteiger charge is 2.32. The SMILES string of the molecule is Cc1noc(C)c1S(=O)(=O)N1CCCN(C(=O)CCC(C)N)CC1.Cl. The van der Waals surface area contributed by atoms with E-state index in [0.29, 0.717) is 50.4 Å². The molecule has 0 aromatic carbocycles. The van der Waals surface area contributed by atoms with Crippen LogP contribution < -0.4 is 5.73 Å². The summed E-state index contributed by atoms with van der Waals surface area (Å²) in [6.07, 6.45) is 1.64. The normalized spacial score (nSPS) is 17.7. The molecule has 0 bridgehead atoms. The lowest BCUT2D eigenvalue weighted by atomic mass is 10.2. The van der Waals surface area contributed by atoms with Gasteiger partial charge in [-0.25, -0.2) is 8.42 Å². The van der Waals surface area contributed by atoms with Crippen LogP contribution in [-0.4, -0.2) is 60.9 Å². The van der Waals surface area contributed by atoms with Crippen molar-refractivity contribution < 1.29 is 17.7 Å². The molecule has 1 amide bonds. The van der Waals surface area contributed by atoms with E-state index in [0.717, 1.165) is 0 Å². The van der Waals surface area contributed by atoms with E-state index >= 15 is 0 Å². The van der Waals surface area contributed by atoms with Gasteiger partial charge in [0.1, 0.15) is 10.6 Å². The molecule has 2 N–H and O–H groups in total. The number of sulfonamides is 1. The summed E-state index contributed by atoms with van der Waals surface area (Å²) in [7, 11) is -3.66. The Bertz CT molecular complexity index is 670. The summed E-state index contributed by atoms with van der Waals surface area (Å²) in [6.45, 7) is 6.68. The smallest absolute Gasteiger partial charge is 0.248 e. The van der Waals surface area contributed by atoms with E-state index < -0.39 is 10.0 Å². The van der Waals surface area contributed by atoms with Crippen LogP contribution in [0.3, 0.4) is 0 Å². The van der Waals surface area contributed by atoms with Crippen molar-refractivity contribution in [3.63, 3.8) is 0 Å². The molecule has 10 heteroatoms. The Labute approximate surface area is 155 Å². The van der Waals surface area contributed by atoms with E-state index in [-0.39, 0.29) is 35.8 Å². The zero-order chi connectivity index (χ0) is 17.9. The minimum absolute atomic E-state index is 0. The minimum Gasteiger partial charge on any atom is -0.360 e. The van der Waals surface area contributed by atoms with Gasteiger partial charge in [-0.2, -0.15) is 4.31 Å². The molecule has 1 aliphatic rings. The van der Waals surface area contributed by atoms with Gasteiger partial charge >= 0.3 is 0 Å². The monoisotopic (exact) mass is 394 g/mol. The van der Waals surface area contributed by atoms with Gasteiger partial charge in [0.2, 0.25) is 15.9 Å². The highest BCUT2D eigenvalue weighted by atomic mass is 35.5. The molecule has 2 heterocycles. The van der Waals surface area contributed by atoms with Gasteiger partial charge in [-0.15, -0.1) is 12.4 Å². The molecule has 25 heavy (non-hydrogen) atoms. The summed E-state index contributed by atoms with van der Waals surface area (Å²) >= 11 is 0. The van der Waals surface area contributed by atoms with E-state index in [1.165, 1.54) is 4.31 Å². The number of nitrogens with two attached hydrogens (primary N) is 1. The molecule has 0 spiro atoms. The number of hydrogen-bond acceptors (Lipinski definition) is 6. The predicted molar refractivity (Wildman–Crippen MR) is 96.1 cm³/mol. The Morgan fingerprint density at radius 3 is 2.52 bits per heavy atom. The molecular weight excluding hydrogens is 368 g/mol. The summed E-state index contributed by atoms with van der Waals surface area (Å²) < 4.78 is 32.1. The van der Waals surface area contributed by atoms with Crippen molar-refractivity contribution in [1.82, 2.24) is 14.4 Å². The fourth-order valence-electron chi connectivity index (χ4n) is 2.86. The Kier molecular flexibility index (Phi) is 7.86. The predicted octanol–water partition coefficient (Wildman–Crippen LogP) is 1.06. The number of halogens is 1. The Morgan fingerprint density at radius 1 is 1.28 bits per heavy atom. The van der Waals surface area contributed by atoms with E-state index in [1.54, 1.807) is 18.7 Å². The second kappa shape index (κ2) is 8.98. The number of hydrogen-bond donors (Lipinski definition) is 1. The van der Waals surface area contributed by atoms with Crippen LogP contribution in [0.25, 0.3) is 0 Å². The van der Waals surface area contributed by atoms with Gasteiger partial charge in [-0.05, 0) is 33.6 Å². The lowest BCUT2D eigenvalue weighted by Gasteiger charge is -2.22. The second-order valence-corrected chi connectivity index (χ2v) is 8.18. The van der Waals surface area contributed by atoms with Gasteiger partial charge in [-0.3, -0.25) is 4.79 Å². The number of carbonyl (C=O) groups excluding carboxylic acids is 1. The summed E-state index contributed by atoms with van der Waals surface area (Å²) in [6, 6.07) is -0.0163. The number of aromatic nitrogens is 1. The number of rotatable bonds is 5. The summed E-state index contributed by atoms with van der Waals surface area (Å²) in [4.78, 5) is 14.1. The fourth-order valence-corrected chi connectivity index (χ4v) is 4.63. The molecule has 1 aromatic heterocycles. The highest BCUT2D eigenvalue weighted by Crippen LogP contribution is 2.24. The maximum Gasteiger partial charge on any atom is 0.248 e. The Balaban J connectivity index is 0.00000312. The molecule has 1 aromatic rings. The number of carbonyl (C=O) groups is 1. The van der Waals surface area contributed by atoms with Gasteiger partial charge in [0.25, 0.3) is 0 Å². The molecule has 0 aliphatic carbocycles. The van der Waals surface area contributed by atoms with Crippen LogP contribution in [0.4, 0.5) is 0 Å². The van der Waals surface area contributed by atoms with Crippen molar-refractivity contribution >= 4 is 28.3 Å². The lowest BCUT2D eigenvalue weighted by Crippen LogP contribution is -2.37. The largest absolute Gasteiger partial charge is 0.360 e. The zero-order valence-electron chi connectivity index (χ0n) is 14.9. The van der Waals surface area contributed by atoms with Gasteiger partial charge in [0.15, 0.2) is 5.76 Å². The molecule has 0 saturated carbocycles. The molecule has 1 atom stereocenters. The van der Waals surface area contributed by atoms with Crippen molar-refractivity contribution in [2.75, 3.05) is 26.2 Å². The van der Waals surface area contributed by atoms with Crippen LogP contribution in [0.2, 0.25) is 0 Å². The molecule has 2 rings (SSSR count). The van der Waals surface area contributed by atoms with Crippen LogP contribution in [0.1, 0.15) is 37.6 Å². The first-order valence-corrected chi connectivity index (χ1v) is 9.64. The zero-order valence-corrected chi connectivity index (χ0v) is 16.5. The van der Waals surface area contributed by atoms with Crippen LogP contribution in [0, 0.1) is 13.8 Å². The van der Waals surface area contributed by atoms with E-state index in [9.17, 15) is 13.2 Å². The number of amides is 1. The van der Waals surface area contributed by atoms with Gasteiger partial charge in [-0.1, -0.05) is 5.16 Å².